The molecule has 0 radical (unpaired) electrons. The van der Waals surface area contributed by atoms with Gasteiger partial charge in [0.2, 0.25) is 11.8 Å². The molecule has 7 rings (SSSR count). The first kappa shape index (κ1) is 39.9. The van der Waals surface area contributed by atoms with Crippen LogP contribution in [0.5, 0.6) is 0 Å². The molecule has 1 aromatic heterocycles. The summed E-state index contributed by atoms with van der Waals surface area (Å²) in [6, 6.07) is 32.4. The fourth-order valence-electron chi connectivity index (χ4n) is 7.52. The number of hydrogen-bond acceptors (Lipinski definition) is 7. The molecule has 3 N–H and O–H groups in total. The number of aromatic amines is 1. The Hall–Kier alpha value is -6.27. The molecule has 0 bridgehead atoms. The number of amides is 4. The van der Waals surface area contributed by atoms with Crippen molar-refractivity contribution in [1.82, 2.24) is 25.1 Å². The second kappa shape index (κ2) is 17.5. The van der Waals surface area contributed by atoms with Crippen LogP contribution in [0.2, 0.25) is 0 Å². The fraction of sp³-hybridized carbons (Fsp3) is 0.326. The van der Waals surface area contributed by atoms with Gasteiger partial charge in [0.05, 0.1) is 31.0 Å². The first-order valence-electron chi connectivity index (χ1n) is 19.8. The summed E-state index contributed by atoms with van der Waals surface area (Å²) < 4.78 is 11.2. The maximum Gasteiger partial charge on any atom is 0.408 e. The van der Waals surface area contributed by atoms with E-state index in [1.807, 2.05) is 96.8 Å². The number of aromatic nitrogens is 2. The molecule has 2 aliphatic heterocycles. The van der Waals surface area contributed by atoms with Crippen LogP contribution in [0, 0.1) is 0 Å². The first-order valence-corrected chi connectivity index (χ1v) is 19.8. The van der Waals surface area contributed by atoms with Gasteiger partial charge in [-0.15, -0.1) is 0 Å². The molecule has 0 saturated carbocycles. The van der Waals surface area contributed by atoms with E-state index in [0.717, 1.165) is 27.9 Å². The predicted octanol–water partition coefficient (Wildman–Crippen LogP) is 7.64. The summed E-state index contributed by atoms with van der Waals surface area (Å²) in [6.07, 6.45) is 2.25. The zero-order valence-corrected chi connectivity index (χ0v) is 33.3. The van der Waals surface area contributed by atoms with E-state index in [1.165, 1.54) is 0 Å². The second-order valence-electron chi connectivity index (χ2n) is 15.8. The van der Waals surface area contributed by atoms with Gasteiger partial charge in [0.1, 0.15) is 29.6 Å². The molecule has 3 heterocycles. The maximum absolute atomic E-state index is 14.0. The lowest BCUT2D eigenvalue weighted by molar-refractivity contribution is -0.141. The zero-order chi connectivity index (χ0) is 40.8. The number of ether oxygens (including phenoxy) is 2. The van der Waals surface area contributed by atoms with Crippen LogP contribution in [0.3, 0.4) is 0 Å². The molecule has 0 unspecified atom stereocenters. The highest BCUT2D eigenvalue weighted by Gasteiger charge is 2.39. The number of likely N-dealkylation sites (tertiary alicyclic amines) is 1. The Bertz CT molecular complexity index is 2200. The van der Waals surface area contributed by atoms with Crippen molar-refractivity contribution in [3.63, 3.8) is 0 Å². The minimum absolute atomic E-state index is 0.0460. The molecule has 4 amide bonds. The number of H-pyrrole nitrogens is 1. The molecule has 12 nitrogen and oxygen atoms in total. The minimum Gasteiger partial charge on any atom is -0.444 e. The quantitative estimate of drug-likeness (QED) is 0.132. The number of rotatable bonds is 10. The van der Waals surface area contributed by atoms with Crippen molar-refractivity contribution in [3.05, 3.63) is 132 Å². The van der Waals surface area contributed by atoms with Crippen LogP contribution in [0.1, 0.15) is 75.5 Å². The standard InChI is InChI=1S/C46H50N6O6/c1-30(31-12-7-5-8-13-31)43(54)52-26-27-57-29-39(52)41-47-28-37(49-41)34-19-17-32(18-20-34)33-21-23-36(24-22-33)48-42(53)38-16-11-25-51(38)44(55)40(35-14-9-6-10-15-35)50-45(56)58-46(2,3)4/h5-10,12-15,17-24,28,30,38-40H,11,16,25-27,29H2,1-4H3,(H,47,49)(H,48,53)(H,50,56)/t30-,38+,39+,40-/m1/s1. The number of morpholine rings is 1. The number of benzene rings is 4. The molecule has 2 aliphatic rings. The molecule has 300 valence electrons. The molecular weight excluding hydrogens is 733 g/mol. The van der Waals surface area contributed by atoms with Crippen LogP contribution in [0.25, 0.3) is 22.4 Å². The van der Waals surface area contributed by atoms with Crippen LogP contribution in [-0.4, -0.2) is 81.5 Å². The number of anilines is 1. The molecule has 4 atom stereocenters. The largest absolute Gasteiger partial charge is 0.444 e. The van der Waals surface area contributed by atoms with Crippen LogP contribution in [-0.2, 0) is 23.9 Å². The summed E-state index contributed by atoms with van der Waals surface area (Å²) in [4.78, 5) is 65.5. The number of alkyl carbamates (subject to hydrolysis) is 1. The summed E-state index contributed by atoms with van der Waals surface area (Å²) >= 11 is 0. The normalized spacial score (nSPS) is 17.9. The lowest BCUT2D eigenvalue weighted by Crippen LogP contribution is -2.49. The van der Waals surface area contributed by atoms with Gasteiger partial charge in [0.25, 0.3) is 5.91 Å². The third kappa shape index (κ3) is 9.29. The topological polar surface area (TPSA) is 146 Å². The third-order valence-electron chi connectivity index (χ3n) is 10.6. The summed E-state index contributed by atoms with van der Waals surface area (Å²) in [6.45, 7) is 8.96. The van der Waals surface area contributed by atoms with Gasteiger partial charge in [-0.25, -0.2) is 9.78 Å². The monoisotopic (exact) mass is 782 g/mol. The molecule has 4 aromatic carbocycles. The Morgan fingerprint density at radius 1 is 0.793 bits per heavy atom. The molecule has 2 fully saturated rings. The highest BCUT2D eigenvalue weighted by Crippen LogP contribution is 2.31. The zero-order valence-electron chi connectivity index (χ0n) is 33.3. The summed E-state index contributed by atoms with van der Waals surface area (Å²) in [7, 11) is 0. The fourth-order valence-corrected chi connectivity index (χ4v) is 7.52. The molecule has 2 saturated heterocycles. The maximum atomic E-state index is 14.0. The lowest BCUT2D eigenvalue weighted by atomic mass is 9.98. The first-order chi connectivity index (χ1) is 27.9. The van der Waals surface area contributed by atoms with E-state index in [2.05, 4.69) is 20.6 Å². The Morgan fingerprint density at radius 2 is 1.41 bits per heavy atom. The highest BCUT2D eigenvalue weighted by atomic mass is 16.6. The van der Waals surface area contributed by atoms with Crippen LogP contribution in [0.4, 0.5) is 10.5 Å². The van der Waals surface area contributed by atoms with E-state index in [0.29, 0.717) is 56.2 Å². The van der Waals surface area contributed by atoms with Gasteiger partial charge in [-0.3, -0.25) is 14.4 Å². The van der Waals surface area contributed by atoms with E-state index in [-0.39, 0.29) is 29.7 Å². The lowest BCUT2D eigenvalue weighted by Gasteiger charge is -2.36. The smallest absolute Gasteiger partial charge is 0.408 e. The predicted molar refractivity (Wildman–Crippen MR) is 222 cm³/mol. The molecular formula is C46H50N6O6. The van der Waals surface area contributed by atoms with Crippen LogP contribution >= 0.6 is 0 Å². The van der Waals surface area contributed by atoms with E-state index in [9.17, 15) is 19.2 Å². The van der Waals surface area contributed by atoms with Gasteiger partial charge < -0.3 is 34.9 Å². The Labute approximate surface area is 339 Å². The van der Waals surface area contributed by atoms with E-state index in [1.54, 1.807) is 56.1 Å². The molecule has 12 heteroatoms. The second-order valence-corrected chi connectivity index (χ2v) is 15.8. The van der Waals surface area contributed by atoms with E-state index >= 15 is 0 Å². The van der Waals surface area contributed by atoms with Crippen molar-refractivity contribution in [2.24, 2.45) is 0 Å². The van der Waals surface area contributed by atoms with Gasteiger partial charge in [-0.1, -0.05) is 97.1 Å². The van der Waals surface area contributed by atoms with Crippen molar-refractivity contribution in [1.29, 1.82) is 0 Å². The third-order valence-corrected chi connectivity index (χ3v) is 10.6. The van der Waals surface area contributed by atoms with Crippen molar-refractivity contribution in [3.8, 4) is 22.4 Å². The average Bonchev–Trinajstić information content (AvgIpc) is 3.94. The van der Waals surface area contributed by atoms with Crippen molar-refractivity contribution >= 4 is 29.5 Å². The van der Waals surface area contributed by atoms with Crippen molar-refractivity contribution < 1.29 is 28.7 Å². The van der Waals surface area contributed by atoms with Gasteiger partial charge in [-0.05, 0) is 80.5 Å². The summed E-state index contributed by atoms with van der Waals surface area (Å²) in [5.41, 5.74) is 5.19. The van der Waals surface area contributed by atoms with Gasteiger partial charge >= 0.3 is 6.09 Å². The SMILES string of the molecule is C[C@@H](C(=O)N1CCOC[C@H]1c1ncc(-c2ccc(-c3ccc(NC(=O)[C@@H]4CCCN4C(=O)[C@H](NC(=O)OC(C)(C)C)c4ccccc4)cc3)cc2)[nH]1)c1ccccc1. The minimum atomic E-state index is -1.01. The number of carbonyl (C=O) groups is 4. The average molecular weight is 783 g/mol. The molecule has 58 heavy (non-hydrogen) atoms. The number of carbonyl (C=O) groups excluding carboxylic acids is 4. The van der Waals surface area contributed by atoms with Crippen molar-refractivity contribution in [2.45, 2.75) is 70.2 Å². The number of hydrogen-bond donors (Lipinski definition) is 3. The van der Waals surface area contributed by atoms with Gasteiger partial charge in [-0.2, -0.15) is 0 Å². The highest BCUT2D eigenvalue weighted by molar-refractivity contribution is 5.99. The number of nitrogens with zero attached hydrogens (tertiary/aromatic N) is 3. The summed E-state index contributed by atoms with van der Waals surface area (Å²) in [5, 5.41) is 5.72. The molecule has 5 aromatic rings. The Morgan fingerprint density at radius 3 is 2.07 bits per heavy atom. The Balaban J connectivity index is 0.982. The van der Waals surface area contributed by atoms with Gasteiger partial charge in [0, 0.05) is 18.8 Å². The van der Waals surface area contributed by atoms with Crippen molar-refractivity contribution in [2.75, 3.05) is 31.6 Å². The summed E-state index contributed by atoms with van der Waals surface area (Å²) in [5.74, 6) is -0.206. The number of nitrogens with one attached hydrogen (secondary N) is 3. The van der Waals surface area contributed by atoms with E-state index in [4.69, 9.17) is 9.47 Å². The molecule has 0 aliphatic carbocycles. The molecule has 0 spiro atoms. The number of imidazole rings is 1. The van der Waals surface area contributed by atoms with Gasteiger partial charge in [0.15, 0.2) is 0 Å². The van der Waals surface area contributed by atoms with Crippen LogP contribution in [0.15, 0.2) is 115 Å². The Kier molecular flexibility index (Phi) is 12.0. The van der Waals surface area contributed by atoms with Crippen LogP contribution < -0.4 is 10.6 Å². The van der Waals surface area contributed by atoms with E-state index < -0.39 is 23.8 Å².